The minimum atomic E-state index is -0.0670. The van der Waals surface area contributed by atoms with E-state index in [-0.39, 0.29) is 5.91 Å². The molecule has 1 aromatic carbocycles. The zero-order valence-electron chi connectivity index (χ0n) is 10.9. The van der Waals surface area contributed by atoms with Crippen molar-refractivity contribution in [1.29, 1.82) is 0 Å². The Morgan fingerprint density at radius 2 is 2.22 bits per heavy atom. The van der Waals surface area contributed by atoms with Crippen molar-refractivity contribution in [2.75, 3.05) is 31.2 Å². The number of anilines is 2. The van der Waals surface area contributed by atoms with Gasteiger partial charge in [-0.25, -0.2) is 0 Å². The van der Waals surface area contributed by atoms with Crippen LogP contribution in [0.3, 0.4) is 0 Å². The smallest absolute Gasteiger partial charge is 0.238 e. The molecule has 0 bridgehead atoms. The SMILES string of the molecule is CCCCN(C)CC(=O)Nc1ccc(Cl)cc1N. The van der Waals surface area contributed by atoms with E-state index in [4.69, 9.17) is 17.3 Å². The quantitative estimate of drug-likeness (QED) is 0.781. The fourth-order valence-corrected chi connectivity index (χ4v) is 1.77. The van der Waals surface area contributed by atoms with Gasteiger partial charge in [0.15, 0.2) is 0 Å². The molecule has 0 saturated heterocycles. The number of nitrogen functional groups attached to an aromatic ring is 1. The topological polar surface area (TPSA) is 58.4 Å². The van der Waals surface area contributed by atoms with Crippen molar-refractivity contribution < 1.29 is 4.79 Å². The predicted octanol–water partition coefficient (Wildman–Crippen LogP) is 2.59. The third-order valence-electron chi connectivity index (χ3n) is 2.59. The number of carbonyl (C=O) groups is 1. The molecule has 0 aliphatic heterocycles. The highest BCUT2D eigenvalue weighted by Crippen LogP contribution is 2.22. The van der Waals surface area contributed by atoms with Crippen molar-refractivity contribution in [2.45, 2.75) is 19.8 Å². The number of nitrogens with one attached hydrogen (secondary N) is 1. The van der Waals surface area contributed by atoms with Crippen LogP contribution in [0.5, 0.6) is 0 Å². The van der Waals surface area contributed by atoms with Crippen molar-refractivity contribution in [2.24, 2.45) is 0 Å². The van der Waals surface area contributed by atoms with E-state index >= 15 is 0 Å². The molecule has 18 heavy (non-hydrogen) atoms. The zero-order chi connectivity index (χ0) is 13.5. The average molecular weight is 270 g/mol. The van der Waals surface area contributed by atoms with Gasteiger partial charge in [0.05, 0.1) is 17.9 Å². The lowest BCUT2D eigenvalue weighted by molar-refractivity contribution is -0.117. The molecule has 5 heteroatoms. The summed E-state index contributed by atoms with van der Waals surface area (Å²) in [6.45, 7) is 3.41. The molecule has 0 fully saturated rings. The van der Waals surface area contributed by atoms with Crippen LogP contribution in [-0.4, -0.2) is 30.9 Å². The standard InChI is InChI=1S/C13H20ClN3O/c1-3-4-7-17(2)9-13(18)16-12-6-5-10(14)8-11(12)15/h5-6,8H,3-4,7,9,15H2,1-2H3,(H,16,18). The number of hydrogen-bond acceptors (Lipinski definition) is 3. The molecular formula is C13H20ClN3O. The third kappa shape index (κ3) is 4.94. The Kier molecular flexibility index (Phi) is 5.95. The summed E-state index contributed by atoms with van der Waals surface area (Å²) in [6.07, 6.45) is 2.21. The lowest BCUT2D eigenvalue weighted by Crippen LogP contribution is -2.31. The molecule has 1 amide bonds. The number of hydrogen-bond donors (Lipinski definition) is 2. The van der Waals surface area contributed by atoms with Gasteiger partial charge in [0.1, 0.15) is 0 Å². The second-order valence-corrected chi connectivity index (χ2v) is 4.81. The van der Waals surface area contributed by atoms with E-state index in [1.165, 1.54) is 0 Å². The van der Waals surface area contributed by atoms with E-state index in [1.54, 1.807) is 18.2 Å². The molecule has 0 heterocycles. The number of rotatable bonds is 6. The Labute approximate surface area is 113 Å². The number of carbonyl (C=O) groups excluding carboxylic acids is 1. The fraction of sp³-hybridized carbons (Fsp3) is 0.462. The van der Waals surface area contributed by atoms with Crippen molar-refractivity contribution in [3.63, 3.8) is 0 Å². The maximum absolute atomic E-state index is 11.8. The van der Waals surface area contributed by atoms with Gasteiger partial charge in [-0.3, -0.25) is 9.69 Å². The van der Waals surface area contributed by atoms with Gasteiger partial charge in [-0.05, 0) is 38.2 Å². The van der Waals surface area contributed by atoms with Crippen LogP contribution < -0.4 is 11.1 Å². The van der Waals surface area contributed by atoms with E-state index < -0.39 is 0 Å². The number of benzene rings is 1. The number of unbranched alkanes of at least 4 members (excludes halogenated alkanes) is 1. The molecule has 0 aromatic heterocycles. The first-order valence-corrected chi connectivity index (χ1v) is 6.44. The van der Waals surface area contributed by atoms with Crippen LogP contribution in [0.25, 0.3) is 0 Å². The van der Waals surface area contributed by atoms with Crippen LogP contribution in [-0.2, 0) is 4.79 Å². The number of likely N-dealkylation sites (N-methyl/N-ethyl adjacent to an activating group) is 1. The van der Waals surface area contributed by atoms with Gasteiger partial charge >= 0.3 is 0 Å². The van der Waals surface area contributed by atoms with E-state index in [2.05, 4.69) is 12.2 Å². The molecule has 0 radical (unpaired) electrons. The zero-order valence-corrected chi connectivity index (χ0v) is 11.6. The molecule has 100 valence electrons. The summed E-state index contributed by atoms with van der Waals surface area (Å²) in [5.41, 5.74) is 6.85. The molecule has 4 nitrogen and oxygen atoms in total. The van der Waals surface area contributed by atoms with Gasteiger partial charge in [0, 0.05) is 5.02 Å². The van der Waals surface area contributed by atoms with E-state index in [0.29, 0.717) is 22.9 Å². The number of amides is 1. The summed E-state index contributed by atoms with van der Waals surface area (Å²) in [7, 11) is 1.93. The molecule has 0 aliphatic carbocycles. The Morgan fingerprint density at radius 3 is 2.83 bits per heavy atom. The summed E-state index contributed by atoms with van der Waals surface area (Å²) in [5.74, 6) is -0.0670. The largest absolute Gasteiger partial charge is 0.397 e. The molecule has 0 spiro atoms. The lowest BCUT2D eigenvalue weighted by Gasteiger charge is -2.16. The highest BCUT2D eigenvalue weighted by molar-refractivity contribution is 6.31. The summed E-state index contributed by atoms with van der Waals surface area (Å²) < 4.78 is 0. The van der Waals surface area contributed by atoms with Crippen LogP contribution >= 0.6 is 11.6 Å². The van der Waals surface area contributed by atoms with Crippen LogP contribution in [0.15, 0.2) is 18.2 Å². The van der Waals surface area contributed by atoms with Crippen LogP contribution in [0.2, 0.25) is 5.02 Å². The normalized spacial score (nSPS) is 10.7. The van der Waals surface area contributed by atoms with Gasteiger partial charge in [0.25, 0.3) is 0 Å². The lowest BCUT2D eigenvalue weighted by atomic mass is 10.2. The predicted molar refractivity (Wildman–Crippen MR) is 76.9 cm³/mol. The summed E-state index contributed by atoms with van der Waals surface area (Å²) in [5, 5.41) is 3.34. The minimum absolute atomic E-state index is 0.0670. The Bertz CT molecular complexity index is 409. The molecule has 0 unspecified atom stereocenters. The van der Waals surface area contributed by atoms with Crippen LogP contribution in [0.4, 0.5) is 11.4 Å². The summed E-state index contributed by atoms with van der Waals surface area (Å²) in [6, 6.07) is 5.04. The Balaban J connectivity index is 2.49. The van der Waals surface area contributed by atoms with E-state index in [0.717, 1.165) is 19.4 Å². The van der Waals surface area contributed by atoms with Crippen molar-refractivity contribution >= 4 is 28.9 Å². The van der Waals surface area contributed by atoms with Crippen LogP contribution in [0.1, 0.15) is 19.8 Å². The average Bonchev–Trinajstić information content (AvgIpc) is 2.30. The fourth-order valence-electron chi connectivity index (χ4n) is 1.59. The summed E-state index contributed by atoms with van der Waals surface area (Å²) in [4.78, 5) is 13.8. The van der Waals surface area contributed by atoms with E-state index in [9.17, 15) is 4.79 Å². The highest BCUT2D eigenvalue weighted by atomic mass is 35.5. The monoisotopic (exact) mass is 269 g/mol. The minimum Gasteiger partial charge on any atom is -0.397 e. The summed E-state index contributed by atoms with van der Waals surface area (Å²) >= 11 is 5.79. The number of nitrogens with two attached hydrogens (primary N) is 1. The van der Waals surface area contributed by atoms with Crippen LogP contribution in [0, 0.1) is 0 Å². The molecule has 0 saturated carbocycles. The molecule has 3 N–H and O–H groups in total. The molecule has 1 aromatic rings. The Morgan fingerprint density at radius 1 is 1.50 bits per heavy atom. The molecule has 0 atom stereocenters. The van der Waals surface area contributed by atoms with E-state index in [1.807, 2.05) is 11.9 Å². The maximum Gasteiger partial charge on any atom is 0.238 e. The van der Waals surface area contributed by atoms with Gasteiger partial charge < -0.3 is 11.1 Å². The van der Waals surface area contributed by atoms with Gasteiger partial charge in [-0.1, -0.05) is 24.9 Å². The van der Waals surface area contributed by atoms with Crippen molar-refractivity contribution in [3.05, 3.63) is 23.2 Å². The second-order valence-electron chi connectivity index (χ2n) is 4.37. The Hall–Kier alpha value is -1.26. The first-order chi connectivity index (χ1) is 8.52. The van der Waals surface area contributed by atoms with Crippen molar-refractivity contribution in [3.8, 4) is 0 Å². The number of nitrogens with zero attached hydrogens (tertiary/aromatic N) is 1. The molecule has 1 rings (SSSR count). The van der Waals surface area contributed by atoms with Gasteiger partial charge in [-0.2, -0.15) is 0 Å². The maximum atomic E-state index is 11.8. The second kappa shape index (κ2) is 7.24. The van der Waals surface area contributed by atoms with Gasteiger partial charge in [-0.15, -0.1) is 0 Å². The molecule has 0 aliphatic rings. The highest BCUT2D eigenvalue weighted by Gasteiger charge is 2.08. The third-order valence-corrected chi connectivity index (χ3v) is 2.83. The first kappa shape index (κ1) is 14.8. The van der Waals surface area contributed by atoms with Crippen molar-refractivity contribution in [1.82, 2.24) is 4.90 Å². The molecular weight excluding hydrogens is 250 g/mol. The number of halogens is 1. The van der Waals surface area contributed by atoms with Gasteiger partial charge in [0.2, 0.25) is 5.91 Å². The first-order valence-electron chi connectivity index (χ1n) is 6.06.